The average Bonchev–Trinajstić information content (AvgIpc) is 2.20. The van der Waals surface area contributed by atoms with Gasteiger partial charge in [0.2, 0.25) is 0 Å². The van der Waals surface area contributed by atoms with E-state index in [1.54, 1.807) is 0 Å². The Morgan fingerprint density at radius 1 is 1.25 bits per heavy atom. The first kappa shape index (κ1) is 12.7. The number of rotatable bonds is 3. The number of hydrogen-bond donors (Lipinski definition) is 1. The highest BCUT2D eigenvalue weighted by Gasteiger charge is 2.03. The predicted molar refractivity (Wildman–Crippen MR) is 65.7 cm³/mol. The van der Waals surface area contributed by atoms with E-state index >= 15 is 0 Å². The van der Waals surface area contributed by atoms with Crippen molar-refractivity contribution < 1.29 is 4.39 Å². The van der Waals surface area contributed by atoms with Crippen molar-refractivity contribution in [2.45, 2.75) is 33.1 Å². The monoisotopic (exact) mass is 219 g/mol. The third-order valence-corrected chi connectivity index (χ3v) is 2.40. The quantitative estimate of drug-likeness (QED) is 0.614. The van der Waals surface area contributed by atoms with Gasteiger partial charge in [-0.3, -0.25) is 0 Å². The summed E-state index contributed by atoms with van der Waals surface area (Å²) < 4.78 is 13.6. The highest BCUT2D eigenvalue weighted by molar-refractivity contribution is 5.43. The van der Waals surface area contributed by atoms with Gasteiger partial charge in [0.05, 0.1) is 5.56 Å². The maximum atomic E-state index is 13.6. The van der Waals surface area contributed by atoms with Crippen molar-refractivity contribution in [1.29, 1.82) is 0 Å². The summed E-state index contributed by atoms with van der Waals surface area (Å²) in [5.41, 5.74) is 7.75. The first-order valence-electron chi connectivity index (χ1n) is 5.61. The molecule has 1 aromatic rings. The number of benzene rings is 1. The molecule has 0 heterocycles. The number of hydrogen-bond acceptors (Lipinski definition) is 1. The van der Waals surface area contributed by atoms with Crippen molar-refractivity contribution in [3.05, 3.63) is 34.6 Å². The van der Waals surface area contributed by atoms with Gasteiger partial charge >= 0.3 is 0 Å². The molecule has 2 N–H and O–H groups in total. The first-order chi connectivity index (χ1) is 7.65. The molecule has 0 bridgehead atoms. The summed E-state index contributed by atoms with van der Waals surface area (Å²) in [6.45, 7) is 4.47. The molecule has 0 spiro atoms. The van der Waals surface area contributed by atoms with Crippen molar-refractivity contribution in [2.75, 3.05) is 6.54 Å². The van der Waals surface area contributed by atoms with Crippen LogP contribution in [0, 0.1) is 31.5 Å². The molecular weight excluding hydrogens is 201 g/mol. The van der Waals surface area contributed by atoms with Crippen LogP contribution in [0.25, 0.3) is 0 Å². The minimum Gasteiger partial charge on any atom is -0.330 e. The van der Waals surface area contributed by atoms with Gasteiger partial charge in [-0.05, 0) is 50.4 Å². The Hall–Kier alpha value is -1.33. The summed E-state index contributed by atoms with van der Waals surface area (Å²) in [7, 11) is 0. The highest BCUT2D eigenvalue weighted by Crippen LogP contribution is 2.14. The molecule has 0 aromatic heterocycles. The molecule has 16 heavy (non-hydrogen) atoms. The molecule has 0 atom stereocenters. The van der Waals surface area contributed by atoms with Crippen molar-refractivity contribution in [3.8, 4) is 11.8 Å². The lowest BCUT2D eigenvalue weighted by molar-refractivity contribution is 0.621. The molecular formula is C14H18FN. The van der Waals surface area contributed by atoms with E-state index in [0.29, 0.717) is 12.1 Å². The van der Waals surface area contributed by atoms with Crippen LogP contribution < -0.4 is 5.73 Å². The zero-order valence-corrected chi connectivity index (χ0v) is 9.94. The molecule has 1 rings (SSSR count). The zero-order valence-electron chi connectivity index (χ0n) is 9.94. The van der Waals surface area contributed by atoms with Crippen LogP contribution in [0.2, 0.25) is 0 Å². The standard InChI is InChI=1S/C14H18FN/c1-11-9-12(2)13(14(15)10-11)7-5-3-4-6-8-16/h9-10H,3-4,6,8,16H2,1-2H3. The summed E-state index contributed by atoms with van der Waals surface area (Å²) in [5, 5.41) is 0. The van der Waals surface area contributed by atoms with Crippen LogP contribution in [-0.4, -0.2) is 6.54 Å². The van der Waals surface area contributed by atoms with Crippen molar-refractivity contribution >= 4 is 0 Å². The second-order valence-electron chi connectivity index (χ2n) is 3.99. The third kappa shape index (κ3) is 3.67. The van der Waals surface area contributed by atoms with Gasteiger partial charge in [-0.25, -0.2) is 4.39 Å². The van der Waals surface area contributed by atoms with Gasteiger partial charge in [0, 0.05) is 6.42 Å². The molecule has 0 unspecified atom stereocenters. The van der Waals surface area contributed by atoms with Gasteiger partial charge in [-0.1, -0.05) is 17.9 Å². The summed E-state index contributed by atoms with van der Waals surface area (Å²) in [4.78, 5) is 0. The van der Waals surface area contributed by atoms with E-state index in [1.165, 1.54) is 6.07 Å². The van der Waals surface area contributed by atoms with E-state index in [2.05, 4.69) is 11.8 Å². The molecule has 86 valence electrons. The summed E-state index contributed by atoms with van der Waals surface area (Å²) in [6, 6.07) is 3.48. The molecule has 0 amide bonds. The van der Waals surface area contributed by atoms with Crippen molar-refractivity contribution in [1.82, 2.24) is 0 Å². The van der Waals surface area contributed by atoms with Gasteiger partial charge in [0.15, 0.2) is 0 Å². The Bertz CT molecular complexity index is 389. The lowest BCUT2D eigenvalue weighted by Gasteiger charge is -2.01. The Balaban J connectivity index is 2.73. The van der Waals surface area contributed by atoms with Crippen LogP contribution in [0.3, 0.4) is 0 Å². The van der Waals surface area contributed by atoms with Gasteiger partial charge in [0.1, 0.15) is 5.82 Å². The second kappa shape index (κ2) is 6.30. The predicted octanol–water partition coefficient (Wildman–Crippen LogP) is 2.92. The van der Waals surface area contributed by atoms with Gasteiger partial charge in [-0.15, -0.1) is 0 Å². The normalized spacial score (nSPS) is 9.75. The number of nitrogens with two attached hydrogens (primary N) is 1. The molecule has 0 saturated carbocycles. The fourth-order valence-corrected chi connectivity index (χ4v) is 1.58. The van der Waals surface area contributed by atoms with Crippen molar-refractivity contribution in [3.63, 3.8) is 0 Å². The first-order valence-corrected chi connectivity index (χ1v) is 5.61. The van der Waals surface area contributed by atoms with Crippen molar-refractivity contribution in [2.24, 2.45) is 5.73 Å². The topological polar surface area (TPSA) is 26.0 Å². The second-order valence-corrected chi connectivity index (χ2v) is 3.99. The molecule has 0 aliphatic heterocycles. The van der Waals surface area contributed by atoms with Crippen LogP contribution in [0.15, 0.2) is 12.1 Å². The van der Waals surface area contributed by atoms with E-state index in [1.807, 2.05) is 19.9 Å². The molecule has 0 radical (unpaired) electrons. The minimum absolute atomic E-state index is 0.219. The Morgan fingerprint density at radius 3 is 2.62 bits per heavy atom. The Kier molecular flexibility index (Phi) is 5.01. The van der Waals surface area contributed by atoms with Crippen LogP contribution in [-0.2, 0) is 0 Å². The number of unbranched alkanes of at least 4 members (excludes halogenated alkanes) is 2. The Labute approximate surface area is 96.9 Å². The van der Waals surface area contributed by atoms with Gasteiger partial charge < -0.3 is 5.73 Å². The van der Waals surface area contributed by atoms with Gasteiger partial charge in [-0.2, -0.15) is 0 Å². The van der Waals surface area contributed by atoms with E-state index in [-0.39, 0.29) is 5.82 Å². The summed E-state index contributed by atoms with van der Waals surface area (Å²) >= 11 is 0. The van der Waals surface area contributed by atoms with Crippen LogP contribution >= 0.6 is 0 Å². The smallest absolute Gasteiger partial charge is 0.139 e. The summed E-state index contributed by atoms with van der Waals surface area (Å²) in [5.74, 6) is 5.67. The van der Waals surface area contributed by atoms with Crippen LogP contribution in [0.5, 0.6) is 0 Å². The maximum absolute atomic E-state index is 13.6. The lowest BCUT2D eigenvalue weighted by atomic mass is 10.1. The lowest BCUT2D eigenvalue weighted by Crippen LogP contribution is -1.97. The molecule has 0 aliphatic rings. The van der Waals surface area contributed by atoms with Gasteiger partial charge in [0.25, 0.3) is 0 Å². The highest BCUT2D eigenvalue weighted by atomic mass is 19.1. The van der Waals surface area contributed by atoms with E-state index in [0.717, 1.165) is 30.4 Å². The van der Waals surface area contributed by atoms with E-state index < -0.39 is 0 Å². The fraction of sp³-hybridized carbons (Fsp3) is 0.429. The average molecular weight is 219 g/mol. The molecule has 0 fully saturated rings. The van der Waals surface area contributed by atoms with E-state index in [4.69, 9.17) is 5.73 Å². The fourth-order valence-electron chi connectivity index (χ4n) is 1.58. The molecule has 1 aromatic carbocycles. The van der Waals surface area contributed by atoms with E-state index in [9.17, 15) is 4.39 Å². The molecule has 0 saturated heterocycles. The third-order valence-electron chi connectivity index (χ3n) is 2.40. The minimum atomic E-state index is -0.219. The van der Waals surface area contributed by atoms with Crippen LogP contribution in [0.4, 0.5) is 4.39 Å². The molecule has 2 heteroatoms. The SMILES string of the molecule is Cc1cc(C)c(C#CCCCCN)c(F)c1. The largest absolute Gasteiger partial charge is 0.330 e. The van der Waals surface area contributed by atoms with Crippen LogP contribution in [0.1, 0.15) is 36.0 Å². The molecule has 1 nitrogen and oxygen atoms in total. The molecule has 0 aliphatic carbocycles. The Morgan fingerprint density at radius 2 is 2.00 bits per heavy atom. The zero-order chi connectivity index (χ0) is 12.0. The number of aryl methyl sites for hydroxylation is 2. The summed E-state index contributed by atoms with van der Waals surface area (Å²) in [6.07, 6.45) is 2.74. The maximum Gasteiger partial charge on any atom is 0.139 e. The number of halogens is 1.